The van der Waals surface area contributed by atoms with Crippen molar-refractivity contribution in [3.63, 3.8) is 0 Å². The van der Waals surface area contributed by atoms with E-state index in [1.165, 1.54) is 0 Å². The molecule has 0 saturated carbocycles. The molecule has 0 aromatic heterocycles. The first kappa shape index (κ1) is 13.2. The highest BCUT2D eigenvalue weighted by atomic mass is 32.2. The van der Waals surface area contributed by atoms with Crippen LogP contribution in [0.3, 0.4) is 0 Å². The number of hydrogen-bond donors (Lipinski definition) is 2. The van der Waals surface area contributed by atoms with Gasteiger partial charge in [0.15, 0.2) is 0 Å². The number of thioether (sulfide) groups is 2. The minimum Gasteiger partial charge on any atom is -0.398 e. The zero-order chi connectivity index (χ0) is 13.0. The van der Waals surface area contributed by atoms with E-state index in [0.717, 1.165) is 21.2 Å². The molecule has 0 unspecified atom stereocenters. The van der Waals surface area contributed by atoms with Crippen molar-refractivity contribution < 1.29 is 0 Å². The third kappa shape index (κ3) is 3.37. The van der Waals surface area contributed by atoms with Gasteiger partial charge in [-0.05, 0) is 31.2 Å². The smallest absolute Gasteiger partial charge is 0.0570 e. The molecule has 2 nitrogen and oxygen atoms in total. The Kier molecular flexibility index (Phi) is 4.44. The molecule has 2 aromatic carbocycles. The molecule has 0 aliphatic carbocycles. The average Bonchev–Trinajstić information content (AvgIpc) is 2.35. The van der Waals surface area contributed by atoms with Gasteiger partial charge in [0.1, 0.15) is 0 Å². The van der Waals surface area contributed by atoms with Crippen LogP contribution in [0.15, 0.2) is 58.3 Å². The molecule has 0 radical (unpaired) electrons. The van der Waals surface area contributed by atoms with Crippen LogP contribution in [0.1, 0.15) is 6.92 Å². The second kappa shape index (κ2) is 6.07. The van der Waals surface area contributed by atoms with E-state index in [0.29, 0.717) is 4.58 Å². The second-order valence-corrected chi connectivity index (χ2v) is 6.94. The Labute approximate surface area is 116 Å². The van der Waals surface area contributed by atoms with Gasteiger partial charge in [0, 0.05) is 21.2 Å². The zero-order valence-corrected chi connectivity index (χ0v) is 11.8. The summed E-state index contributed by atoms with van der Waals surface area (Å²) in [7, 11) is 0. The summed E-state index contributed by atoms with van der Waals surface area (Å²) in [4.78, 5) is 2.24. The molecule has 4 heteroatoms. The van der Waals surface area contributed by atoms with E-state index >= 15 is 0 Å². The lowest BCUT2D eigenvalue weighted by molar-refractivity contribution is 1.36. The number of nitrogen functional groups attached to an aromatic ring is 2. The van der Waals surface area contributed by atoms with E-state index in [1.807, 2.05) is 48.5 Å². The summed E-state index contributed by atoms with van der Waals surface area (Å²) in [5.41, 5.74) is 13.5. The van der Waals surface area contributed by atoms with Crippen molar-refractivity contribution in [3.05, 3.63) is 48.5 Å². The molecular weight excluding hydrogens is 260 g/mol. The largest absolute Gasteiger partial charge is 0.398 e. The maximum atomic E-state index is 5.94. The van der Waals surface area contributed by atoms with Crippen LogP contribution in [0.4, 0.5) is 11.4 Å². The molecule has 4 N–H and O–H groups in total. The lowest BCUT2D eigenvalue weighted by atomic mass is 10.3. The Hall–Kier alpha value is -1.26. The lowest BCUT2D eigenvalue weighted by Gasteiger charge is -2.13. The van der Waals surface area contributed by atoms with Crippen molar-refractivity contribution in [3.8, 4) is 0 Å². The van der Waals surface area contributed by atoms with Crippen LogP contribution < -0.4 is 11.5 Å². The van der Waals surface area contributed by atoms with Crippen molar-refractivity contribution in [2.24, 2.45) is 0 Å². The minimum absolute atomic E-state index is 0.361. The Morgan fingerprint density at radius 1 is 0.778 bits per heavy atom. The van der Waals surface area contributed by atoms with Crippen LogP contribution >= 0.6 is 23.5 Å². The summed E-state index contributed by atoms with van der Waals surface area (Å²) in [6.45, 7) is 2.16. The fraction of sp³-hybridized carbons (Fsp3) is 0.143. The molecule has 0 atom stereocenters. The predicted molar refractivity (Wildman–Crippen MR) is 82.9 cm³/mol. The van der Waals surface area contributed by atoms with Gasteiger partial charge in [-0.3, -0.25) is 0 Å². The SMILES string of the molecule is CC(Sc1ccccc1N)Sc1ccccc1N. The number of rotatable bonds is 4. The van der Waals surface area contributed by atoms with Gasteiger partial charge in [0.25, 0.3) is 0 Å². The molecule has 18 heavy (non-hydrogen) atoms. The van der Waals surface area contributed by atoms with Crippen LogP contribution in [-0.4, -0.2) is 4.58 Å². The summed E-state index contributed by atoms with van der Waals surface area (Å²) >= 11 is 3.51. The molecule has 0 saturated heterocycles. The highest BCUT2D eigenvalue weighted by Crippen LogP contribution is 2.38. The van der Waals surface area contributed by atoms with Crippen molar-refractivity contribution in [2.75, 3.05) is 11.5 Å². The van der Waals surface area contributed by atoms with Crippen LogP contribution in [0.2, 0.25) is 0 Å². The molecule has 0 aliphatic heterocycles. The molecule has 2 aromatic rings. The predicted octanol–water partition coefficient (Wildman–Crippen LogP) is 4.08. The second-order valence-electron chi connectivity index (χ2n) is 3.88. The summed E-state index contributed by atoms with van der Waals surface area (Å²) in [5, 5.41) is 0. The average molecular weight is 276 g/mol. The zero-order valence-electron chi connectivity index (χ0n) is 10.2. The topological polar surface area (TPSA) is 52.0 Å². The highest BCUT2D eigenvalue weighted by Gasteiger charge is 2.09. The van der Waals surface area contributed by atoms with Crippen molar-refractivity contribution in [2.45, 2.75) is 21.3 Å². The molecule has 0 bridgehead atoms. The first-order valence-corrected chi connectivity index (χ1v) is 7.45. The van der Waals surface area contributed by atoms with E-state index in [4.69, 9.17) is 11.5 Å². The van der Waals surface area contributed by atoms with Crippen LogP contribution in [0, 0.1) is 0 Å². The maximum Gasteiger partial charge on any atom is 0.0570 e. The number of para-hydroxylation sites is 2. The maximum absolute atomic E-state index is 5.94. The van der Waals surface area contributed by atoms with Gasteiger partial charge in [0.05, 0.1) is 4.58 Å². The van der Waals surface area contributed by atoms with E-state index in [-0.39, 0.29) is 0 Å². The molecule has 0 heterocycles. The Morgan fingerprint density at radius 2 is 1.17 bits per heavy atom. The van der Waals surface area contributed by atoms with Gasteiger partial charge in [-0.25, -0.2) is 0 Å². The van der Waals surface area contributed by atoms with Gasteiger partial charge in [-0.2, -0.15) is 0 Å². The van der Waals surface area contributed by atoms with E-state index in [1.54, 1.807) is 23.5 Å². The summed E-state index contributed by atoms with van der Waals surface area (Å²) in [5.74, 6) is 0. The Morgan fingerprint density at radius 3 is 1.56 bits per heavy atom. The number of anilines is 2. The van der Waals surface area contributed by atoms with Crippen LogP contribution in [0.25, 0.3) is 0 Å². The Bertz CT molecular complexity index is 481. The number of nitrogens with two attached hydrogens (primary N) is 2. The molecule has 94 valence electrons. The summed E-state index contributed by atoms with van der Waals surface area (Å²) in [6.07, 6.45) is 0. The monoisotopic (exact) mass is 276 g/mol. The van der Waals surface area contributed by atoms with E-state index in [9.17, 15) is 0 Å². The lowest BCUT2D eigenvalue weighted by Crippen LogP contribution is -1.95. The van der Waals surface area contributed by atoms with Gasteiger partial charge in [0.2, 0.25) is 0 Å². The van der Waals surface area contributed by atoms with Crippen LogP contribution in [-0.2, 0) is 0 Å². The first-order chi connectivity index (χ1) is 8.66. The van der Waals surface area contributed by atoms with Gasteiger partial charge >= 0.3 is 0 Å². The molecule has 0 spiro atoms. The molecular formula is C14H16N2S2. The first-order valence-electron chi connectivity index (χ1n) is 5.69. The minimum atomic E-state index is 0.361. The third-order valence-corrected chi connectivity index (χ3v) is 4.92. The molecule has 0 aliphatic rings. The van der Waals surface area contributed by atoms with Crippen molar-refractivity contribution in [1.29, 1.82) is 0 Å². The molecule has 0 fully saturated rings. The van der Waals surface area contributed by atoms with E-state index < -0.39 is 0 Å². The normalized spacial score (nSPS) is 10.8. The van der Waals surface area contributed by atoms with Crippen molar-refractivity contribution in [1.82, 2.24) is 0 Å². The quantitative estimate of drug-likeness (QED) is 0.502. The fourth-order valence-corrected chi connectivity index (χ4v) is 3.81. The fourth-order valence-electron chi connectivity index (χ4n) is 1.56. The third-order valence-electron chi connectivity index (χ3n) is 2.42. The molecule has 2 rings (SSSR count). The van der Waals surface area contributed by atoms with Gasteiger partial charge in [-0.15, -0.1) is 23.5 Å². The van der Waals surface area contributed by atoms with Gasteiger partial charge in [-0.1, -0.05) is 24.3 Å². The van der Waals surface area contributed by atoms with Crippen LogP contribution in [0.5, 0.6) is 0 Å². The van der Waals surface area contributed by atoms with E-state index in [2.05, 4.69) is 6.92 Å². The highest BCUT2D eigenvalue weighted by molar-refractivity contribution is 8.17. The number of benzene rings is 2. The summed E-state index contributed by atoms with van der Waals surface area (Å²) in [6, 6.07) is 15.9. The summed E-state index contributed by atoms with van der Waals surface area (Å²) < 4.78 is 0.361. The molecule has 0 amide bonds. The Balaban J connectivity index is 2.04. The standard InChI is InChI=1S/C14H16N2S2/c1-10(17-13-8-4-2-6-11(13)15)18-14-9-5-3-7-12(14)16/h2-10H,15-16H2,1H3. The number of hydrogen-bond acceptors (Lipinski definition) is 4. The van der Waals surface area contributed by atoms with Gasteiger partial charge < -0.3 is 11.5 Å². The van der Waals surface area contributed by atoms with Crippen molar-refractivity contribution >= 4 is 34.9 Å².